The van der Waals surface area contributed by atoms with Crippen LogP contribution in [0.3, 0.4) is 0 Å². The lowest BCUT2D eigenvalue weighted by atomic mass is 10.1. The van der Waals surface area contributed by atoms with Crippen LogP contribution in [0.5, 0.6) is 0 Å². The minimum absolute atomic E-state index is 0.0401. The summed E-state index contributed by atoms with van der Waals surface area (Å²) in [6, 6.07) is 4.56. The van der Waals surface area contributed by atoms with Crippen LogP contribution in [0.2, 0.25) is 0 Å². The van der Waals surface area contributed by atoms with E-state index in [2.05, 4.69) is 17.1 Å². The molecule has 0 saturated carbocycles. The van der Waals surface area contributed by atoms with E-state index in [1.165, 1.54) is 12.1 Å². The molecule has 0 radical (unpaired) electrons. The molecule has 1 fully saturated rings. The number of hydrogen-bond donors (Lipinski definition) is 1. The third-order valence-corrected chi connectivity index (χ3v) is 3.95. The molecule has 0 spiro atoms. The lowest BCUT2D eigenvalue weighted by Gasteiger charge is -2.20. The Labute approximate surface area is 130 Å². The Kier molecular flexibility index (Phi) is 5.75. The van der Waals surface area contributed by atoms with Gasteiger partial charge in [0.1, 0.15) is 0 Å². The van der Waals surface area contributed by atoms with Crippen molar-refractivity contribution >= 4 is 17.3 Å². The molecule has 1 aliphatic rings. The molecule has 120 valence electrons. The van der Waals surface area contributed by atoms with Gasteiger partial charge in [-0.2, -0.15) is 0 Å². The summed E-state index contributed by atoms with van der Waals surface area (Å²) in [5.41, 5.74) is 1.17. The predicted octanol–water partition coefficient (Wildman–Crippen LogP) is 3.12. The van der Waals surface area contributed by atoms with Crippen LogP contribution < -0.4 is 10.2 Å². The molecule has 0 aliphatic carbocycles. The number of benzene rings is 1. The number of unbranched alkanes of at least 4 members (excludes halogenated alkanes) is 2. The average molecular weight is 305 g/mol. The van der Waals surface area contributed by atoms with Crippen molar-refractivity contribution in [2.45, 2.75) is 39.0 Å². The van der Waals surface area contributed by atoms with Gasteiger partial charge in [0.25, 0.3) is 11.6 Å². The van der Waals surface area contributed by atoms with Crippen molar-refractivity contribution in [2.24, 2.45) is 0 Å². The summed E-state index contributed by atoms with van der Waals surface area (Å²) in [4.78, 5) is 25.0. The molecule has 0 unspecified atom stereocenters. The first kappa shape index (κ1) is 16.3. The Balaban J connectivity index is 2.18. The quantitative estimate of drug-likeness (QED) is 0.477. The van der Waals surface area contributed by atoms with Crippen LogP contribution in [0.25, 0.3) is 0 Å². The molecule has 1 heterocycles. The van der Waals surface area contributed by atoms with Crippen LogP contribution in [0.1, 0.15) is 49.4 Å². The van der Waals surface area contributed by atoms with Gasteiger partial charge in [-0.3, -0.25) is 14.9 Å². The Bertz CT molecular complexity index is 539. The fourth-order valence-corrected chi connectivity index (χ4v) is 2.73. The van der Waals surface area contributed by atoms with Gasteiger partial charge < -0.3 is 10.2 Å². The molecule has 6 heteroatoms. The van der Waals surface area contributed by atoms with Crippen LogP contribution in [0.15, 0.2) is 18.2 Å². The molecule has 1 saturated heterocycles. The van der Waals surface area contributed by atoms with Crippen molar-refractivity contribution in [3.63, 3.8) is 0 Å². The van der Waals surface area contributed by atoms with Gasteiger partial charge in [0, 0.05) is 31.8 Å². The van der Waals surface area contributed by atoms with E-state index in [4.69, 9.17) is 0 Å². The first-order chi connectivity index (χ1) is 10.6. The number of non-ortho nitro benzene ring substituents is 1. The van der Waals surface area contributed by atoms with Gasteiger partial charge in [-0.15, -0.1) is 0 Å². The van der Waals surface area contributed by atoms with Gasteiger partial charge in [-0.05, 0) is 25.3 Å². The number of anilines is 1. The second kappa shape index (κ2) is 7.77. The number of nitrogens with one attached hydrogen (secondary N) is 1. The molecule has 0 aromatic heterocycles. The monoisotopic (exact) mass is 305 g/mol. The zero-order valence-electron chi connectivity index (χ0n) is 13.0. The van der Waals surface area contributed by atoms with Crippen LogP contribution in [-0.2, 0) is 0 Å². The van der Waals surface area contributed by atoms with Crippen molar-refractivity contribution in [2.75, 3.05) is 24.5 Å². The molecule has 1 aromatic rings. The van der Waals surface area contributed by atoms with Crippen molar-refractivity contribution in [1.82, 2.24) is 5.32 Å². The zero-order valence-corrected chi connectivity index (χ0v) is 13.0. The lowest BCUT2D eigenvalue weighted by molar-refractivity contribution is -0.384. The number of carbonyl (C=O) groups is 1. The van der Waals surface area contributed by atoms with E-state index >= 15 is 0 Å². The summed E-state index contributed by atoms with van der Waals surface area (Å²) in [5.74, 6) is -0.221. The minimum Gasteiger partial charge on any atom is -0.371 e. The summed E-state index contributed by atoms with van der Waals surface area (Å²) in [7, 11) is 0. The molecule has 0 atom stereocenters. The molecule has 1 N–H and O–H groups in total. The van der Waals surface area contributed by atoms with E-state index in [1.54, 1.807) is 6.07 Å². The fraction of sp³-hybridized carbons (Fsp3) is 0.562. The molecule has 0 bridgehead atoms. The molecule has 1 aromatic carbocycles. The molecule has 1 amide bonds. The molecule has 22 heavy (non-hydrogen) atoms. The van der Waals surface area contributed by atoms with Crippen molar-refractivity contribution in [3.8, 4) is 0 Å². The van der Waals surface area contributed by atoms with Gasteiger partial charge >= 0.3 is 0 Å². The van der Waals surface area contributed by atoms with Gasteiger partial charge in [-0.25, -0.2) is 0 Å². The number of nitro benzene ring substituents is 1. The van der Waals surface area contributed by atoms with E-state index in [0.717, 1.165) is 50.9 Å². The lowest BCUT2D eigenvalue weighted by Crippen LogP contribution is -2.28. The summed E-state index contributed by atoms with van der Waals surface area (Å²) in [6.07, 6.45) is 5.26. The highest BCUT2D eigenvalue weighted by atomic mass is 16.6. The van der Waals surface area contributed by atoms with E-state index in [1.807, 2.05) is 0 Å². The second-order valence-electron chi connectivity index (χ2n) is 5.62. The third kappa shape index (κ3) is 3.96. The van der Waals surface area contributed by atoms with Gasteiger partial charge in [0.2, 0.25) is 0 Å². The Hall–Kier alpha value is -2.11. The smallest absolute Gasteiger partial charge is 0.270 e. The van der Waals surface area contributed by atoms with Crippen LogP contribution in [0, 0.1) is 10.1 Å². The van der Waals surface area contributed by atoms with Crippen molar-refractivity contribution in [1.29, 1.82) is 0 Å². The molecular weight excluding hydrogens is 282 g/mol. The summed E-state index contributed by atoms with van der Waals surface area (Å²) >= 11 is 0. The van der Waals surface area contributed by atoms with Crippen molar-refractivity contribution < 1.29 is 9.72 Å². The Morgan fingerprint density at radius 2 is 2.05 bits per heavy atom. The van der Waals surface area contributed by atoms with E-state index in [9.17, 15) is 14.9 Å². The Morgan fingerprint density at radius 3 is 2.68 bits per heavy atom. The first-order valence-corrected chi connectivity index (χ1v) is 7.95. The molecule has 1 aliphatic heterocycles. The number of hydrogen-bond acceptors (Lipinski definition) is 4. The average Bonchev–Trinajstić information content (AvgIpc) is 3.05. The van der Waals surface area contributed by atoms with Gasteiger partial charge in [0.05, 0.1) is 16.2 Å². The number of nitrogens with zero attached hydrogens (tertiary/aromatic N) is 2. The largest absolute Gasteiger partial charge is 0.371 e. The summed E-state index contributed by atoms with van der Waals surface area (Å²) in [6.45, 7) is 4.50. The fourth-order valence-electron chi connectivity index (χ4n) is 2.73. The standard InChI is InChI=1S/C16H23N3O3/c1-2-3-4-9-17-16(20)14-12-13(19(21)22)7-8-15(14)18-10-5-6-11-18/h7-8,12H,2-6,9-11H2,1H3,(H,17,20). The van der Waals surface area contributed by atoms with Crippen LogP contribution >= 0.6 is 0 Å². The maximum atomic E-state index is 12.4. The van der Waals surface area contributed by atoms with E-state index in [0.29, 0.717) is 12.1 Å². The highest BCUT2D eigenvalue weighted by Gasteiger charge is 2.22. The van der Waals surface area contributed by atoms with E-state index in [-0.39, 0.29) is 11.6 Å². The highest BCUT2D eigenvalue weighted by molar-refractivity contribution is 6.00. The maximum Gasteiger partial charge on any atom is 0.270 e. The van der Waals surface area contributed by atoms with Gasteiger partial charge in [-0.1, -0.05) is 19.8 Å². The number of amides is 1. The van der Waals surface area contributed by atoms with Crippen LogP contribution in [-0.4, -0.2) is 30.5 Å². The molecular formula is C16H23N3O3. The SMILES string of the molecule is CCCCCNC(=O)c1cc([N+](=O)[O-])ccc1N1CCCC1. The third-order valence-electron chi connectivity index (χ3n) is 3.95. The number of nitro groups is 1. The predicted molar refractivity (Wildman–Crippen MR) is 86.4 cm³/mol. The molecule has 2 rings (SSSR count). The maximum absolute atomic E-state index is 12.4. The summed E-state index contributed by atoms with van der Waals surface area (Å²) < 4.78 is 0. The summed E-state index contributed by atoms with van der Waals surface area (Å²) in [5, 5.41) is 13.8. The first-order valence-electron chi connectivity index (χ1n) is 7.95. The number of rotatable bonds is 7. The topological polar surface area (TPSA) is 75.5 Å². The van der Waals surface area contributed by atoms with E-state index < -0.39 is 4.92 Å². The van der Waals surface area contributed by atoms with Gasteiger partial charge in [0.15, 0.2) is 0 Å². The second-order valence-corrected chi connectivity index (χ2v) is 5.62. The Morgan fingerprint density at radius 1 is 1.32 bits per heavy atom. The van der Waals surface area contributed by atoms with Crippen molar-refractivity contribution in [3.05, 3.63) is 33.9 Å². The van der Waals surface area contributed by atoms with Crippen LogP contribution in [0.4, 0.5) is 11.4 Å². The molecule has 6 nitrogen and oxygen atoms in total. The highest BCUT2D eigenvalue weighted by Crippen LogP contribution is 2.28. The normalized spacial score (nSPS) is 14.1. The number of carbonyl (C=O) groups excluding carboxylic acids is 1. The zero-order chi connectivity index (χ0) is 15.9. The minimum atomic E-state index is -0.457.